The van der Waals surface area contributed by atoms with Crippen molar-refractivity contribution in [3.05, 3.63) is 46.6 Å². The van der Waals surface area contributed by atoms with E-state index in [-0.39, 0.29) is 5.97 Å². The maximum atomic E-state index is 11.7. The molecular weight excluding hydrogens is 298 g/mol. The van der Waals surface area contributed by atoms with E-state index in [1.165, 1.54) is 7.11 Å². The van der Waals surface area contributed by atoms with Crippen molar-refractivity contribution in [1.82, 2.24) is 4.98 Å². The molecule has 4 heteroatoms. The van der Waals surface area contributed by atoms with Crippen molar-refractivity contribution in [3.63, 3.8) is 0 Å². The molecule has 1 aromatic heterocycles. The highest BCUT2D eigenvalue weighted by Crippen LogP contribution is 2.26. The predicted octanol–water partition coefficient (Wildman–Crippen LogP) is 4.66. The zero-order valence-corrected chi connectivity index (χ0v) is 14.1. The number of aryl methyl sites for hydroxylation is 1. The number of methoxy groups -OCH3 is 1. The largest absolute Gasteiger partial charge is 0.468 e. The lowest BCUT2D eigenvalue weighted by molar-refractivity contribution is -0.148. The predicted molar refractivity (Wildman–Crippen MR) is 91.0 cm³/mol. The number of pyridine rings is 1. The quantitative estimate of drug-likeness (QED) is 0.770. The van der Waals surface area contributed by atoms with Gasteiger partial charge in [-0.05, 0) is 38.0 Å². The third-order valence-corrected chi connectivity index (χ3v) is 3.92. The van der Waals surface area contributed by atoms with Crippen molar-refractivity contribution in [2.45, 2.75) is 27.2 Å². The topological polar surface area (TPSA) is 39.2 Å². The molecule has 0 unspecified atom stereocenters. The van der Waals surface area contributed by atoms with Crippen LogP contribution in [0.25, 0.3) is 17.0 Å². The van der Waals surface area contributed by atoms with E-state index in [9.17, 15) is 4.79 Å². The van der Waals surface area contributed by atoms with Crippen molar-refractivity contribution in [3.8, 4) is 0 Å². The van der Waals surface area contributed by atoms with Crippen LogP contribution in [-0.2, 0) is 16.0 Å². The Morgan fingerprint density at radius 2 is 2.09 bits per heavy atom. The highest BCUT2D eigenvalue weighted by Gasteiger charge is 2.24. The van der Waals surface area contributed by atoms with Crippen molar-refractivity contribution >= 4 is 34.5 Å². The first-order chi connectivity index (χ1) is 10.4. The Morgan fingerprint density at radius 3 is 2.73 bits per heavy atom. The van der Waals surface area contributed by atoms with Crippen LogP contribution in [0, 0.1) is 5.41 Å². The number of aromatic nitrogens is 1. The summed E-state index contributed by atoms with van der Waals surface area (Å²) in [5, 5.41) is 1.65. The summed E-state index contributed by atoms with van der Waals surface area (Å²) < 4.78 is 4.80. The summed E-state index contributed by atoms with van der Waals surface area (Å²) in [5.41, 5.74) is 2.14. The van der Waals surface area contributed by atoms with Gasteiger partial charge >= 0.3 is 5.97 Å². The average molecular weight is 318 g/mol. The van der Waals surface area contributed by atoms with E-state index in [0.717, 1.165) is 28.6 Å². The fraction of sp³-hybridized carbons (Fsp3) is 0.333. The third kappa shape index (κ3) is 3.47. The van der Waals surface area contributed by atoms with E-state index >= 15 is 0 Å². The van der Waals surface area contributed by atoms with E-state index in [1.807, 2.05) is 57.2 Å². The molecule has 0 fully saturated rings. The monoisotopic (exact) mass is 317 g/mol. The maximum absolute atomic E-state index is 11.7. The number of nitrogens with zero attached hydrogens (tertiary/aromatic N) is 1. The molecular formula is C18H20ClNO2. The van der Waals surface area contributed by atoms with Crippen molar-refractivity contribution in [2.24, 2.45) is 5.41 Å². The Hall–Kier alpha value is -1.87. The zero-order valence-electron chi connectivity index (χ0n) is 13.3. The number of hydrogen-bond acceptors (Lipinski definition) is 3. The lowest BCUT2D eigenvalue weighted by Gasteiger charge is -2.16. The van der Waals surface area contributed by atoms with Crippen molar-refractivity contribution in [2.75, 3.05) is 7.11 Å². The molecule has 0 saturated carbocycles. The van der Waals surface area contributed by atoms with Crippen LogP contribution < -0.4 is 0 Å². The van der Waals surface area contributed by atoms with Gasteiger partial charge in [0, 0.05) is 11.1 Å². The molecule has 0 aliphatic heterocycles. The molecule has 3 nitrogen and oxygen atoms in total. The third-order valence-electron chi connectivity index (χ3n) is 3.60. The smallest absolute Gasteiger partial charge is 0.315 e. The Bertz CT molecular complexity index is 735. The van der Waals surface area contributed by atoms with Gasteiger partial charge in [0.15, 0.2) is 0 Å². The Labute approximate surface area is 136 Å². The molecule has 2 aromatic rings. The number of halogens is 1. The number of carbonyl (C=O) groups excluding carboxylic acids is 1. The van der Waals surface area contributed by atoms with Crippen molar-refractivity contribution < 1.29 is 9.53 Å². The van der Waals surface area contributed by atoms with Crippen LogP contribution in [-0.4, -0.2) is 18.1 Å². The zero-order chi connectivity index (χ0) is 16.3. The molecule has 2 rings (SSSR count). The molecule has 0 N–H and O–H groups in total. The molecule has 0 atom stereocenters. The van der Waals surface area contributed by atoms with Crippen LogP contribution >= 0.6 is 11.6 Å². The fourth-order valence-corrected chi connectivity index (χ4v) is 2.46. The minimum absolute atomic E-state index is 0.265. The minimum Gasteiger partial charge on any atom is -0.468 e. The van der Waals surface area contributed by atoms with Crippen LogP contribution in [0.3, 0.4) is 0 Å². The first-order valence-corrected chi connectivity index (χ1v) is 7.62. The lowest BCUT2D eigenvalue weighted by Crippen LogP contribution is -2.22. The number of benzene rings is 1. The number of carbonyl (C=O) groups is 1. The molecule has 116 valence electrons. The molecule has 1 aromatic carbocycles. The molecule has 22 heavy (non-hydrogen) atoms. The summed E-state index contributed by atoms with van der Waals surface area (Å²) in [6, 6.07) is 7.80. The second-order valence-corrected chi connectivity index (χ2v) is 6.18. The van der Waals surface area contributed by atoms with Crippen LogP contribution in [0.5, 0.6) is 0 Å². The standard InChI is InChI=1S/C18H20ClNO2/c1-5-13-11-15(19)14-7-6-12(10-16(14)20-13)8-9-18(2,3)17(21)22-4/h6-11H,5H2,1-4H3/b9-8+. The second kappa shape index (κ2) is 6.49. The maximum Gasteiger partial charge on any atom is 0.315 e. The van der Waals surface area contributed by atoms with E-state index in [0.29, 0.717) is 5.02 Å². The Morgan fingerprint density at radius 1 is 1.36 bits per heavy atom. The number of hydrogen-bond donors (Lipinski definition) is 0. The van der Waals surface area contributed by atoms with Gasteiger partial charge in [0.1, 0.15) is 0 Å². The van der Waals surface area contributed by atoms with Gasteiger partial charge in [-0.2, -0.15) is 0 Å². The van der Waals surface area contributed by atoms with E-state index in [2.05, 4.69) is 4.98 Å². The molecule has 0 amide bonds. The summed E-state index contributed by atoms with van der Waals surface area (Å²) in [6.45, 7) is 5.69. The van der Waals surface area contributed by atoms with Gasteiger partial charge in [-0.25, -0.2) is 0 Å². The van der Waals surface area contributed by atoms with Crippen LogP contribution in [0.15, 0.2) is 30.3 Å². The molecule has 1 heterocycles. The summed E-state index contributed by atoms with van der Waals surface area (Å²) >= 11 is 6.28. The Kier molecular flexibility index (Phi) is 4.87. The van der Waals surface area contributed by atoms with Gasteiger partial charge in [-0.1, -0.05) is 42.8 Å². The summed E-state index contributed by atoms with van der Waals surface area (Å²) in [7, 11) is 1.39. The van der Waals surface area contributed by atoms with Crippen LogP contribution in [0.2, 0.25) is 5.02 Å². The first kappa shape index (κ1) is 16.5. The number of ether oxygens (including phenoxy) is 1. The number of esters is 1. The van der Waals surface area contributed by atoms with Gasteiger partial charge < -0.3 is 4.74 Å². The Balaban J connectivity index is 2.39. The van der Waals surface area contributed by atoms with Gasteiger partial charge in [0.2, 0.25) is 0 Å². The fourth-order valence-electron chi connectivity index (χ4n) is 2.17. The molecule has 0 aliphatic carbocycles. The van der Waals surface area contributed by atoms with E-state index in [4.69, 9.17) is 16.3 Å². The molecule has 0 spiro atoms. The second-order valence-electron chi connectivity index (χ2n) is 5.77. The molecule has 0 saturated heterocycles. The van der Waals surface area contributed by atoms with Crippen LogP contribution in [0.4, 0.5) is 0 Å². The summed E-state index contributed by atoms with van der Waals surface area (Å²) in [6.07, 6.45) is 4.58. The highest BCUT2D eigenvalue weighted by atomic mass is 35.5. The van der Waals surface area contributed by atoms with Gasteiger partial charge in [0.05, 0.1) is 23.1 Å². The molecule has 0 bridgehead atoms. The van der Waals surface area contributed by atoms with Crippen LogP contribution in [0.1, 0.15) is 32.0 Å². The van der Waals surface area contributed by atoms with Gasteiger partial charge in [0.25, 0.3) is 0 Å². The normalized spacial score (nSPS) is 12.0. The highest BCUT2D eigenvalue weighted by molar-refractivity contribution is 6.35. The van der Waals surface area contributed by atoms with Gasteiger partial charge in [-0.3, -0.25) is 9.78 Å². The van der Waals surface area contributed by atoms with E-state index < -0.39 is 5.41 Å². The van der Waals surface area contributed by atoms with Crippen molar-refractivity contribution in [1.29, 1.82) is 0 Å². The first-order valence-electron chi connectivity index (χ1n) is 7.24. The van der Waals surface area contributed by atoms with E-state index in [1.54, 1.807) is 0 Å². The molecule has 0 radical (unpaired) electrons. The summed E-state index contributed by atoms with van der Waals surface area (Å²) in [4.78, 5) is 16.3. The SMILES string of the molecule is CCc1cc(Cl)c2ccc(/C=C/C(C)(C)C(=O)OC)cc2n1. The average Bonchev–Trinajstić information content (AvgIpc) is 2.51. The summed E-state index contributed by atoms with van der Waals surface area (Å²) in [5.74, 6) is -0.265. The number of rotatable bonds is 4. The number of fused-ring (bicyclic) bond motifs is 1. The minimum atomic E-state index is -0.667. The van der Waals surface area contributed by atoms with Gasteiger partial charge in [-0.15, -0.1) is 0 Å². The molecule has 0 aliphatic rings. The lowest BCUT2D eigenvalue weighted by atomic mass is 9.92.